The summed E-state index contributed by atoms with van der Waals surface area (Å²) in [6.45, 7) is 5.64. The van der Waals surface area contributed by atoms with Crippen molar-refractivity contribution in [3.63, 3.8) is 0 Å². The number of primary amides is 1. The molecule has 0 saturated heterocycles. The van der Waals surface area contributed by atoms with Crippen LogP contribution >= 0.6 is 15.9 Å². The number of rotatable bonds is 6. The Labute approximate surface area is 149 Å². The van der Waals surface area contributed by atoms with E-state index in [2.05, 4.69) is 26.3 Å². The number of hydrogen-bond acceptors (Lipinski definition) is 3. The van der Waals surface area contributed by atoms with E-state index >= 15 is 0 Å². The first kappa shape index (κ1) is 18.2. The Morgan fingerprint density at radius 1 is 1.33 bits per heavy atom. The van der Waals surface area contributed by atoms with Crippen LogP contribution in [-0.2, 0) is 4.79 Å². The number of nitrogens with one attached hydrogen (secondary N) is 1. The topological polar surface area (TPSA) is 90.0 Å². The van der Waals surface area contributed by atoms with Gasteiger partial charge in [0.15, 0.2) is 0 Å². The van der Waals surface area contributed by atoms with Crippen molar-refractivity contribution < 1.29 is 9.59 Å². The van der Waals surface area contributed by atoms with E-state index in [1.807, 2.05) is 45.0 Å². The van der Waals surface area contributed by atoms with Gasteiger partial charge in [-0.15, -0.1) is 0 Å². The quantitative estimate of drug-likeness (QED) is 0.791. The molecule has 0 fully saturated rings. The van der Waals surface area contributed by atoms with Gasteiger partial charge >= 0.3 is 0 Å². The summed E-state index contributed by atoms with van der Waals surface area (Å²) >= 11 is 3.39. The number of amides is 2. The lowest BCUT2D eigenvalue weighted by atomic mass is 9.98. The molecule has 2 rings (SSSR count). The fourth-order valence-corrected chi connectivity index (χ4v) is 2.69. The van der Waals surface area contributed by atoms with Crippen molar-refractivity contribution >= 4 is 27.7 Å². The lowest BCUT2D eigenvalue weighted by Crippen LogP contribution is -2.48. The standard InChI is InChI=1S/C17H21BrN4O2/c1-4-10(2)15(16(19)23)21-17(24)14-9-20-22(11(14)3)13-7-5-12(18)6-8-13/h5-10,15H,4H2,1-3H3,(H2,19,23)(H,21,24). The SMILES string of the molecule is CCC(C)C(NC(=O)c1cnn(-c2ccc(Br)cc2)c1C)C(N)=O. The third kappa shape index (κ3) is 3.84. The summed E-state index contributed by atoms with van der Waals surface area (Å²) in [5, 5.41) is 7.00. The Bertz CT molecular complexity index is 740. The highest BCUT2D eigenvalue weighted by Crippen LogP contribution is 2.18. The van der Waals surface area contributed by atoms with E-state index in [0.717, 1.165) is 16.6 Å². The normalized spacial score (nSPS) is 13.3. The number of carbonyl (C=O) groups excluding carboxylic acids is 2. The fourth-order valence-electron chi connectivity index (χ4n) is 2.42. The minimum Gasteiger partial charge on any atom is -0.368 e. The maximum atomic E-state index is 12.5. The zero-order chi connectivity index (χ0) is 17.9. The number of hydrogen-bond donors (Lipinski definition) is 2. The largest absolute Gasteiger partial charge is 0.368 e. The summed E-state index contributed by atoms with van der Waals surface area (Å²) in [5.74, 6) is -0.913. The van der Waals surface area contributed by atoms with Crippen molar-refractivity contribution in [2.75, 3.05) is 0 Å². The van der Waals surface area contributed by atoms with Gasteiger partial charge in [0.1, 0.15) is 6.04 Å². The van der Waals surface area contributed by atoms with Gasteiger partial charge in [0.2, 0.25) is 5.91 Å². The molecule has 0 bridgehead atoms. The first-order valence-corrected chi connectivity index (χ1v) is 8.55. The zero-order valence-corrected chi connectivity index (χ0v) is 15.5. The molecular formula is C17H21BrN4O2. The summed E-state index contributed by atoms with van der Waals surface area (Å²) < 4.78 is 2.65. The van der Waals surface area contributed by atoms with E-state index in [4.69, 9.17) is 5.73 Å². The van der Waals surface area contributed by atoms with E-state index in [1.54, 1.807) is 4.68 Å². The van der Waals surface area contributed by atoms with Crippen LogP contribution in [-0.4, -0.2) is 27.6 Å². The lowest BCUT2D eigenvalue weighted by molar-refractivity contribution is -0.120. The molecular weight excluding hydrogens is 372 g/mol. The van der Waals surface area contributed by atoms with Gasteiger partial charge in [-0.3, -0.25) is 9.59 Å². The molecule has 1 aromatic carbocycles. The molecule has 1 aromatic heterocycles. The highest BCUT2D eigenvalue weighted by Gasteiger charge is 2.25. The van der Waals surface area contributed by atoms with Crippen molar-refractivity contribution in [2.24, 2.45) is 11.7 Å². The third-order valence-corrected chi connectivity index (χ3v) is 4.66. The Hall–Kier alpha value is -2.15. The van der Waals surface area contributed by atoms with Crippen LogP contribution < -0.4 is 11.1 Å². The highest BCUT2D eigenvalue weighted by atomic mass is 79.9. The number of halogens is 1. The van der Waals surface area contributed by atoms with Crippen LogP contribution in [0.25, 0.3) is 5.69 Å². The molecule has 2 amide bonds. The number of carbonyl (C=O) groups is 2. The average molecular weight is 393 g/mol. The van der Waals surface area contributed by atoms with Crippen LogP contribution in [0.15, 0.2) is 34.9 Å². The van der Waals surface area contributed by atoms with Gasteiger partial charge in [0, 0.05) is 4.47 Å². The molecule has 7 heteroatoms. The van der Waals surface area contributed by atoms with Gasteiger partial charge in [-0.05, 0) is 37.1 Å². The van der Waals surface area contributed by atoms with E-state index in [9.17, 15) is 9.59 Å². The Balaban J connectivity index is 2.25. The van der Waals surface area contributed by atoms with Gasteiger partial charge in [-0.1, -0.05) is 36.2 Å². The second kappa shape index (κ2) is 7.61. The summed E-state index contributed by atoms with van der Waals surface area (Å²) in [7, 11) is 0. The molecule has 2 unspecified atom stereocenters. The second-order valence-electron chi connectivity index (χ2n) is 5.77. The highest BCUT2D eigenvalue weighted by molar-refractivity contribution is 9.10. The smallest absolute Gasteiger partial charge is 0.255 e. The summed E-state index contributed by atoms with van der Waals surface area (Å²) in [5.41, 5.74) is 7.38. The van der Waals surface area contributed by atoms with Crippen molar-refractivity contribution in [3.05, 3.63) is 46.2 Å². The lowest BCUT2D eigenvalue weighted by Gasteiger charge is -2.21. The van der Waals surface area contributed by atoms with Crippen LogP contribution in [0.2, 0.25) is 0 Å². The summed E-state index contributed by atoms with van der Waals surface area (Å²) in [6.07, 6.45) is 2.24. The number of benzene rings is 1. The zero-order valence-electron chi connectivity index (χ0n) is 13.9. The maximum absolute atomic E-state index is 12.5. The van der Waals surface area contributed by atoms with E-state index in [-0.39, 0.29) is 11.8 Å². The molecule has 0 spiro atoms. The fraction of sp³-hybridized carbons (Fsp3) is 0.353. The second-order valence-corrected chi connectivity index (χ2v) is 6.69. The number of aromatic nitrogens is 2. The first-order chi connectivity index (χ1) is 11.3. The van der Waals surface area contributed by atoms with Crippen LogP contribution in [0.3, 0.4) is 0 Å². The maximum Gasteiger partial charge on any atom is 0.255 e. The van der Waals surface area contributed by atoms with Gasteiger partial charge in [0.05, 0.1) is 23.1 Å². The van der Waals surface area contributed by atoms with Crippen molar-refractivity contribution in [1.82, 2.24) is 15.1 Å². The van der Waals surface area contributed by atoms with E-state index in [1.165, 1.54) is 6.20 Å². The number of nitrogens with two attached hydrogens (primary N) is 1. The van der Waals surface area contributed by atoms with E-state index < -0.39 is 11.9 Å². The molecule has 0 aliphatic heterocycles. The monoisotopic (exact) mass is 392 g/mol. The van der Waals surface area contributed by atoms with Gasteiger partial charge in [-0.25, -0.2) is 4.68 Å². The predicted octanol–water partition coefficient (Wildman–Crippen LogP) is 2.57. The molecule has 0 radical (unpaired) electrons. The Kier molecular flexibility index (Phi) is 5.77. The van der Waals surface area contributed by atoms with Crippen LogP contribution in [0.1, 0.15) is 36.3 Å². The first-order valence-electron chi connectivity index (χ1n) is 7.75. The minimum atomic E-state index is -0.696. The van der Waals surface area contributed by atoms with Crippen LogP contribution in [0.4, 0.5) is 0 Å². The molecule has 1 heterocycles. The predicted molar refractivity (Wildman–Crippen MR) is 95.9 cm³/mol. The molecule has 24 heavy (non-hydrogen) atoms. The van der Waals surface area contributed by atoms with Gasteiger partial charge < -0.3 is 11.1 Å². The van der Waals surface area contributed by atoms with Crippen molar-refractivity contribution in [3.8, 4) is 5.69 Å². The Morgan fingerprint density at radius 2 is 1.96 bits per heavy atom. The molecule has 3 N–H and O–H groups in total. The summed E-state index contributed by atoms with van der Waals surface area (Å²) in [6, 6.07) is 6.91. The molecule has 6 nitrogen and oxygen atoms in total. The van der Waals surface area contributed by atoms with Crippen LogP contribution in [0, 0.1) is 12.8 Å². The number of nitrogens with zero attached hydrogens (tertiary/aromatic N) is 2. The van der Waals surface area contributed by atoms with Crippen molar-refractivity contribution in [2.45, 2.75) is 33.2 Å². The molecule has 128 valence electrons. The molecule has 0 saturated carbocycles. The molecule has 2 aromatic rings. The van der Waals surface area contributed by atoms with Crippen LogP contribution in [0.5, 0.6) is 0 Å². The van der Waals surface area contributed by atoms with E-state index in [0.29, 0.717) is 11.3 Å². The third-order valence-electron chi connectivity index (χ3n) is 4.13. The molecule has 0 aliphatic rings. The average Bonchev–Trinajstić information content (AvgIpc) is 2.94. The van der Waals surface area contributed by atoms with Crippen molar-refractivity contribution in [1.29, 1.82) is 0 Å². The molecule has 2 atom stereocenters. The summed E-state index contributed by atoms with van der Waals surface area (Å²) in [4.78, 5) is 24.1. The van der Waals surface area contributed by atoms with Gasteiger partial charge in [0.25, 0.3) is 5.91 Å². The van der Waals surface area contributed by atoms with Gasteiger partial charge in [-0.2, -0.15) is 5.10 Å². The minimum absolute atomic E-state index is 0.0340. The Morgan fingerprint density at radius 3 is 2.50 bits per heavy atom. The molecule has 0 aliphatic carbocycles.